The van der Waals surface area contributed by atoms with Crippen molar-refractivity contribution in [1.82, 2.24) is 0 Å². The molecule has 2 aliphatic carbocycles. The average Bonchev–Trinajstić information content (AvgIpc) is 2.59. The molecule has 0 aromatic rings. The Morgan fingerprint density at radius 2 is 2.29 bits per heavy atom. The number of aliphatic hydroxyl groups excluding tert-OH is 1. The Balaban J connectivity index is 2.22. The summed E-state index contributed by atoms with van der Waals surface area (Å²) in [4.78, 5) is 11.6. The maximum absolute atomic E-state index is 11.6. The summed E-state index contributed by atoms with van der Waals surface area (Å²) in [7, 11) is 0. The third-order valence-electron chi connectivity index (χ3n) is 3.79. The zero-order chi connectivity index (χ0) is 10.1. The van der Waals surface area contributed by atoms with Gasteiger partial charge in [-0.1, -0.05) is 13.0 Å². The van der Waals surface area contributed by atoms with Gasteiger partial charge in [-0.3, -0.25) is 4.79 Å². The Morgan fingerprint density at radius 3 is 2.93 bits per heavy atom. The van der Waals surface area contributed by atoms with E-state index in [4.69, 9.17) is 0 Å². The molecule has 2 heteroatoms. The molecule has 1 fully saturated rings. The summed E-state index contributed by atoms with van der Waals surface area (Å²) in [6, 6.07) is 0. The molecule has 3 atom stereocenters. The van der Waals surface area contributed by atoms with Gasteiger partial charge in [-0.05, 0) is 36.7 Å². The fourth-order valence-electron chi connectivity index (χ4n) is 2.92. The highest BCUT2D eigenvalue weighted by atomic mass is 16.3. The summed E-state index contributed by atoms with van der Waals surface area (Å²) < 4.78 is 0. The van der Waals surface area contributed by atoms with Gasteiger partial charge < -0.3 is 5.11 Å². The van der Waals surface area contributed by atoms with Crippen LogP contribution in [0.3, 0.4) is 0 Å². The second-order valence-corrected chi connectivity index (χ2v) is 4.52. The summed E-state index contributed by atoms with van der Waals surface area (Å²) in [5, 5.41) is 9.26. The van der Waals surface area contributed by atoms with E-state index in [-0.39, 0.29) is 12.5 Å². The van der Waals surface area contributed by atoms with Gasteiger partial charge in [0.15, 0.2) is 0 Å². The smallest absolute Gasteiger partial charge is 0.136 e. The predicted octanol–water partition coefficient (Wildman–Crippen LogP) is 1.93. The topological polar surface area (TPSA) is 37.3 Å². The Kier molecular flexibility index (Phi) is 2.73. The first-order valence-corrected chi connectivity index (χ1v) is 5.60. The molecular weight excluding hydrogens is 176 g/mol. The quantitative estimate of drug-likeness (QED) is 0.682. The van der Waals surface area contributed by atoms with E-state index in [1.165, 1.54) is 0 Å². The number of allylic oxidation sites excluding steroid dienone is 1. The minimum Gasteiger partial charge on any atom is -0.392 e. The second-order valence-electron chi connectivity index (χ2n) is 4.52. The lowest BCUT2D eigenvalue weighted by Gasteiger charge is -2.29. The fourth-order valence-corrected chi connectivity index (χ4v) is 2.92. The Hall–Kier alpha value is -0.630. The Bertz CT molecular complexity index is 267. The largest absolute Gasteiger partial charge is 0.392 e. The number of aliphatic hydroxyl groups is 1. The highest BCUT2D eigenvalue weighted by Crippen LogP contribution is 2.43. The number of hydrogen-bond acceptors (Lipinski definition) is 2. The first kappa shape index (κ1) is 9.91. The molecule has 1 saturated carbocycles. The standard InChI is InChI=1S/C12H18O2/c1-2-8-5-9(7-13)10-3-4-12(14)11(10)6-8/h5,8,10-11,13H,2-4,6-7H2,1H3/t8-,10+,11-/m0/s1. The minimum atomic E-state index is 0.144. The maximum Gasteiger partial charge on any atom is 0.136 e. The first-order valence-electron chi connectivity index (χ1n) is 5.60. The molecule has 2 nitrogen and oxygen atoms in total. The fraction of sp³-hybridized carbons (Fsp3) is 0.750. The Labute approximate surface area is 85.0 Å². The predicted molar refractivity (Wildman–Crippen MR) is 54.8 cm³/mol. The molecule has 2 rings (SSSR count). The summed E-state index contributed by atoms with van der Waals surface area (Å²) in [6.07, 6.45) is 6.00. The van der Waals surface area contributed by atoms with Crippen LogP contribution in [-0.4, -0.2) is 17.5 Å². The van der Waals surface area contributed by atoms with E-state index in [1.807, 2.05) is 0 Å². The third kappa shape index (κ3) is 1.52. The zero-order valence-electron chi connectivity index (χ0n) is 8.70. The molecule has 0 heterocycles. The molecule has 0 unspecified atom stereocenters. The number of ketones is 1. The molecule has 0 aromatic carbocycles. The van der Waals surface area contributed by atoms with E-state index in [0.29, 0.717) is 17.6 Å². The van der Waals surface area contributed by atoms with Crippen molar-refractivity contribution < 1.29 is 9.90 Å². The van der Waals surface area contributed by atoms with Crippen molar-refractivity contribution in [3.8, 4) is 0 Å². The number of rotatable bonds is 2. The van der Waals surface area contributed by atoms with Crippen molar-refractivity contribution in [2.75, 3.05) is 6.61 Å². The SMILES string of the molecule is CC[C@H]1C=C(CO)[C@H]2CCC(=O)[C@H]2C1. The number of carbonyl (C=O) groups is 1. The van der Waals surface area contributed by atoms with Crippen LogP contribution in [0, 0.1) is 17.8 Å². The molecule has 0 bridgehead atoms. The van der Waals surface area contributed by atoms with Crippen molar-refractivity contribution >= 4 is 5.78 Å². The highest BCUT2D eigenvalue weighted by Gasteiger charge is 2.39. The Morgan fingerprint density at radius 1 is 1.50 bits per heavy atom. The van der Waals surface area contributed by atoms with Crippen LogP contribution >= 0.6 is 0 Å². The minimum absolute atomic E-state index is 0.144. The molecule has 14 heavy (non-hydrogen) atoms. The van der Waals surface area contributed by atoms with Crippen LogP contribution in [0.4, 0.5) is 0 Å². The summed E-state index contributed by atoms with van der Waals surface area (Å²) in [6.45, 7) is 2.29. The van der Waals surface area contributed by atoms with Gasteiger partial charge in [0.05, 0.1) is 6.61 Å². The van der Waals surface area contributed by atoms with Gasteiger partial charge >= 0.3 is 0 Å². The summed E-state index contributed by atoms with van der Waals surface area (Å²) >= 11 is 0. The summed E-state index contributed by atoms with van der Waals surface area (Å²) in [5.41, 5.74) is 1.12. The first-order chi connectivity index (χ1) is 6.76. The van der Waals surface area contributed by atoms with E-state index in [9.17, 15) is 9.90 Å². The average molecular weight is 194 g/mol. The highest BCUT2D eigenvalue weighted by molar-refractivity contribution is 5.84. The molecule has 78 valence electrons. The van der Waals surface area contributed by atoms with Gasteiger partial charge in [0, 0.05) is 12.3 Å². The molecule has 0 aliphatic heterocycles. The number of hydrogen-bond donors (Lipinski definition) is 1. The zero-order valence-corrected chi connectivity index (χ0v) is 8.70. The van der Waals surface area contributed by atoms with Crippen LogP contribution in [0.5, 0.6) is 0 Å². The van der Waals surface area contributed by atoms with Crippen LogP contribution in [-0.2, 0) is 4.79 Å². The molecule has 0 amide bonds. The van der Waals surface area contributed by atoms with Gasteiger partial charge in [0.25, 0.3) is 0 Å². The van der Waals surface area contributed by atoms with Gasteiger partial charge in [0.2, 0.25) is 0 Å². The summed E-state index contributed by atoms with van der Waals surface area (Å²) in [5.74, 6) is 1.54. The van der Waals surface area contributed by atoms with Gasteiger partial charge in [-0.25, -0.2) is 0 Å². The molecule has 0 saturated heterocycles. The monoisotopic (exact) mass is 194 g/mol. The number of Topliss-reactive ketones (excluding diaryl/α,β-unsaturated/α-hetero) is 1. The van der Waals surface area contributed by atoms with Crippen molar-refractivity contribution in [2.45, 2.75) is 32.6 Å². The van der Waals surface area contributed by atoms with E-state index in [1.54, 1.807) is 0 Å². The molecule has 0 aromatic heterocycles. The van der Waals surface area contributed by atoms with E-state index in [2.05, 4.69) is 13.0 Å². The van der Waals surface area contributed by atoms with Crippen molar-refractivity contribution in [1.29, 1.82) is 0 Å². The van der Waals surface area contributed by atoms with Gasteiger partial charge in [0.1, 0.15) is 5.78 Å². The third-order valence-corrected chi connectivity index (χ3v) is 3.79. The van der Waals surface area contributed by atoms with Crippen molar-refractivity contribution in [3.05, 3.63) is 11.6 Å². The molecule has 2 aliphatic rings. The van der Waals surface area contributed by atoms with E-state index >= 15 is 0 Å². The molecule has 0 radical (unpaired) electrons. The van der Waals surface area contributed by atoms with Crippen molar-refractivity contribution in [3.63, 3.8) is 0 Å². The second kappa shape index (κ2) is 3.85. The molecule has 1 N–H and O–H groups in total. The maximum atomic E-state index is 11.6. The van der Waals surface area contributed by atoms with Crippen LogP contribution in [0.2, 0.25) is 0 Å². The lowest BCUT2D eigenvalue weighted by Crippen LogP contribution is -2.25. The van der Waals surface area contributed by atoms with Crippen LogP contribution in [0.25, 0.3) is 0 Å². The number of fused-ring (bicyclic) bond motifs is 1. The lowest BCUT2D eigenvalue weighted by atomic mass is 9.75. The van der Waals surface area contributed by atoms with Crippen molar-refractivity contribution in [2.24, 2.45) is 17.8 Å². The number of carbonyl (C=O) groups excluding carboxylic acids is 1. The molecule has 0 spiro atoms. The van der Waals surface area contributed by atoms with Gasteiger partial charge in [-0.2, -0.15) is 0 Å². The van der Waals surface area contributed by atoms with Crippen LogP contribution < -0.4 is 0 Å². The normalized spacial score (nSPS) is 36.9. The van der Waals surface area contributed by atoms with Gasteiger partial charge in [-0.15, -0.1) is 0 Å². The van der Waals surface area contributed by atoms with Crippen LogP contribution in [0.15, 0.2) is 11.6 Å². The van der Waals surface area contributed by atoms with E-state index in [0.717, 1.165) is 31.3 Å². The van der Waals surface area contributed by atoms with Crippen LogP contribution in [0.1, 0.15) is 32.6 Å². The van der Waals surface area contributed by atoms with E-state index < -0.39 is 0 Å². The molecular formula is C12H18O2. The lowest BCUT2D eigenvalue weighted by molar-refractivity contribution is -0.121.